The van der Waals surface area contributed by atoms with E-state index in [1.807, 2.05) is 0 Å². The Bertz CT molecular complexity index is 301. The molecule has 0 amide bonds. The molecule has 1 heterocycles. The van der Waals surface area contributed by atoms with Gasteiger partial charge in [0.1, 0.15) is 6.61 Å². The Hall–Kier alpha value is -0.940. The molecule has 0 spiro atoms. The van der Waals surface area contributed by atoms with Gasteiger partial charge in [-0.15, -0.1) is 0 Å². The van der Waals surface area contributed by atoms with Gasteiger partial charge in [0.15, 0.2) is 5.82 Å². The monoisotopic (exact) mass is 227 g/mol. The Morgan fingerprint density at radius 2 is 2.19 bits per heavy atom. The first-order valence-electron chi connectivity index (χ1n) is 5.84. The molecule has 0 saturated heterocycles. The van der Waals surface area contributed by atoms with E-state index in [4.69, 9.17) is 15.0 Å². The van der Waals surface area contributed by atoms with Crippen molar-refractivity contribution in [3.8, 4) is 0 Å². The Morgan fingerprint density at radius 3 is 2.81 bits per heavy atom. The van der Waals surface area contributed by atoms with Crippen LogP contribution < -0.4 is 5.73 Å². The van der Waals surface area contributed by atoms with E-state index in [1.165, 1.54) is 0 Å². The van der Waals surface area contributed by atoms with Crippen LogP contribution in [0.3, 0.4) is 0 Å². The molecule has 92 valence electrons. The van der Waals surface area contributed by atoms with Gasteiger partial charge in [0, 0.05) is 6.61 Å². The highest BCUT2D eigenvalue weighted by Crippen LogP contribution is 2.19. The second kappa shape index (κ2) is 6.60. The SMILES string of the molecule is CCCOCc1noc([C@@H](N)[C@@H](C)CC)n1. The molecule has 5 heteroatoms. The lowest BCUT2D eigenvalue weighted by Crippen LogP contribution is -2.18. The predicted octanol–water partition coefficient (Wildman–Crippen LogP) is 2.04. The van der Waals surface area contributed by atoms with Crippen LogP contribution in [0.2, 0.25) is 0 Å². The zero-order valence-electron chi connectivity index (χ0n) is 10.3. The number of ether oxygens (including phenoxy) is 1. The molecule has 0 aliphatic carbocycles. The fourth-order valence-electron chi connectivity index (χ4n) is 1.27. The number of rotatable bonds is 7. The van der Waals surface area contributed by atoms with Gasteiger partial charge in [-0.05, 0) is 12.3 Å². The van der Waals surface area contributed by atoms with E-state index in [2.05, 4.69) is 30.9 Å². The van der Waals surface area contributed by atoms with Crippen molar-refractivity contribution in [3.63, 3.8) is 0 Å². The summed E-state index contributed by atoms with van der Waals surface area (Å²) < 4.78 is 10.4. The maximum absolute atomic E-state index is 5.98. The Kier molecular flexibility index (Phi) is 5.42. The van der Waals surface area contributed by atoms with E-state index in [9.17, 15) is 0 Å². The van der Waals surface area contributed by atoms with E-state index in [1.54, 1.807) is 0 Å². The predicted molar refractivity (Wildman–Crippen MR) is 60.6 cm³/mol. The molecule has 0 fully saturated rings. The summed E-state index contributed by atoms with van der Waals surface area (Å²) in [5.41, 5.74) is 5.98. The quantitative estimate of drug-likeness (QED) is 0.721. The van der Waals surface area contributed by atoms with Gasteiger partial charge in [0.05, 0.1) is 6.04 Å². The first-order chi connectivity index (χ1) is 7.69. The fourth-order valence-corrected chi connectivity index (χ4v) is 1.27. The number of hydrogen-bond donors (Lipinski definition) is 1. The minimum absolute atomic E-state index is 0.183. The maximum atomic E-state index is 5.98. The van der Waals surface area contributed by atoms with Gasteiger partial charge in [-0.25, -0.2) is 0 Å². The second-order valence-corrected chi connectivity index (χ2v) is 4.01. The van der Waals surface area contributed by atoms with E-state index < -0.39 is 0 Å². The Morgan fingerprint density at radius 1 is 1.44 bits per heavy atom. The second-order valence-electron chi connectivity index (χ2n) is 4.01. The molecule has 5 nitrogen and oxygen atoms in total. The van der Waals surface area contributed by atoms with E-state index >= 15 is 0 Å². The van der Waals surface area contributed by atoms with Crippen molar-refractivity contribution in [2.45, 2.75) is 46.3 Å². The molecule has 0 unspecified atom stereocenters. The van der Waals surface area contributed by atoms with Crippen LogP contribution in [0.1, 0.15) is 51.4 Å². The number of nitrogens with zero attached hydrogens (tertiary/aromatic N) is 2. The van der Waals surface area contributed by atoms with Gasteiger partial charge < -0.3 is 15.0 Å². The summed E-state index contributed by atoms with van der Waals surface area (Å²) in [7, 11) is 0. The van der Waals surface area contributed by atoms with Crippen molar-refractivity contribution in [1.29, 1.82) is 0 Å². The lowest BCUT2D eigenvalue weighted by Gasteiger charge is -2.12. The highest BCUT2D eigenvalue weighted by molar-refractivity contribution is 4.92. The van der Waals surface area contributed by atoms with Crippen molar-refractivity contribution in [2.75, 3.05) is 6.61 Å². The lowest BCUT2D eigenvalue weighted by atomic mass is 10.0. The van der Waals surface area contributed by atoms with Crippen molar-refractivity contribution in [2.24, 2.45) is 11.7 Å². The summed E-state index contributed by atoms with van der Waals surface area (Å²) in [6, 6.07) is -0.183. The topological polar surface area (TPSA) is 74.2 Å². The number of nitrogens with two attached hydrogens (primary N) is 1. The fraction of sp³-hybridized carbons (Fsp3) is 0.818. The first kappa shape index (κ1) is 13.1. The third-order valence-corrected chi connectivity index (χ3v) is 2.61. The highest BCUT2D eigenvalue weighted by Gasteiger charge is 2.19. The minimum Gasteiger partial charge on any atom is -0.373 e. The zero-order chi connectivity index (χ0) is 12.0. The molecular formula is C11H21N3O2. The van der Waals surface area contributed by atoms with E-state index in [-0.39, 0.29) is 6.04 Å². The molecule has 2 N–H and O–H groups in total. The summed E-state index contributed by atoms with van der Waals surface area (Å²) in [4.78, 5) is 4.22. The molecule has 0 aliphatic rings. The summed E-state index contributed by atoms with van der Waals surface area (Å²) in [5.74, 6) is 1.41. The Balaban J connectivity index is 2.50. The number of hydrogen-bond acceptors (Lipinski definition) is 5. The van der Waals surface area contributed by atoms with Crippen LogP contribution in [0, 0.1) is 5.92 Å². The zero-order valence-corrected chi connectivity index (χ0v) is 10.3. The summed E-state index contributed by atoms with van der Waals surface area (Å²) in [5, 5.41) is 3.83. The lowest BCUT2D eigenvalue weighted by molar-refractivity contribution is 0.114. The van der Waals surface area contributed by atoms with Crippen LogP contribution >= 0.6 is 0 Å². The van der Waals surface area contributed by atoms with Crippen LogP contribution in [0.4, 0.5) is 0 Å². The van der Waals surface area contributed by atoms with Gasteiger partial charge in [-0.3, -0.25) is 0 Å². The average Bonchev–Trinajstić information content (AvgIpc) is 2.76. The minimum atomic E-state index is -0.183. The molecule has 0 aliphatic heterocycles. The largest absolute Gasteiger partial charge is 0.373 e. The molecule has 1 aromatic heterocycles. The molecule has 1 rings (SSSR count). The van der Waals surface area contributed by atoms with Gasteiger partial charge in [-0.2, -0.15) is 4.98 Å². The van der Waals surface area contributed by atoms with Crippen molar-refractivity contribution in [1.82, 2.24) is 10.1 Å². The van der Waals surface area contributed by atoms with E-state index in [0.717, 1.165) is 12.8 Å². The smallest absolute Gasteiger partial charge is 0.243 e. The third-order valence-electron chi connectivity index (χ3n) is 2.61. The molecular weight excluding hydrogens is 206 g/mol. The van der Waals surface area contributed by atoms with Gasteiger partial charge in [0.25, 0.3) is 0 Å². The summed E-state index contributed by atoms with van der Waals surface area (Å²) in [6.45, 7) is 7.32. The van der Waals surface area contributed by atoms with Crippen LogP contribution in [0.5, 0.6) is 0 Å². The van der Waals surface area contributed by atoms with Crippen molar-refractivity contribution < 1.29 is 9.26 Å². The normalized spacial score (nSPS) is 15.0. The van der Waals surface area contributed by atoms with Gasteiger partial charge in [0.2, 0.25) is 5.89 Å². The third kappa shape index (κ3) is 3.57. The molecule has 2 atom stereocenters. The van der Waals surface area contributed by atoms with Crippen LogP contribution in [0.25, 0.3) is 0 Å². The summed E-state index contributed by atoms with van der Waals surface area (Å²) in [6.07, 6.45) is 1.97. The van der Waals surface area contributed by atoms with Gasteiger partial charge in [-0.1, -0.05) is 32.3 Å². The average molecular weight is 227 g/mol. The van der Waals surface area contributed by atoms with E-state index in [0.29, 0.717) is 30.8 Å². The standard InChI is InChI=1S/C11H21N3O2/c1-4-6-15-7-9-13-11(16-14-9)10(12)8(3)5-2/h8,10H,4-7,12H2,1-3H3/t8-,10-/m0/s1. The highest BCUT2D eigenvalue weighted by atomic mass is 16.5. The van der Waals surface area contributed by atoms with Crippen LogP contribution in [0.15, 0.2) is 4.52 Å². The van der Waals surface area contributed by atoms with Crippen molar-refractivity contribution in [3.05, 3.63) is 11.7 Å². The molecule has 16 heavy (non-hydrogen) atoms. The van der Waals surface area contributed by atoms with Gasteiger partial charge >= 0.3 is 0 Å². The number of aromatic nitrogens is 2. The molecule has 0 aromatic carbocycles. The van der Waals surface area contributed by atoms with Crippen molar-refractivity contribution >= 4 is 0 Å². The Labute approximate surface area is 96.4 Å². The molecule has 0 saturated carbocycles. The maximum Gasteiger partial charge on any atom is 0.243 e. The van der Waals surface area contributed by atoms with Crippen LogP contribution in [-0.4, -0.2) is 16.7 Å². The summed E-state index contributed by atoms with van der Waals surface area (Å²) >= 11 is 0. The van der Waals surface area contributed by atoms with Crippen LogP contribution in [-0.2, 0) is 11.3 Å². The first-order valence-corrected chi connectivity index (χ1v) is 5.84. The molecule has 0 radical (unpaired) electrons. The molecule has 1 aromatic rings. The molecule has 0 bridgehead atoms.